The van der Waals surface area contributed by atoms with Crippen molar-refractivity contribution in [3.63, 3.8) is 0 Å². The summed E-state index contributed by atoms with van der Waals surface area (Å²) in [4.78, 5) is 2.20. The highest BCUT2D eigenvalue weighted by Gasteiger charge is 2.49. The summed E-state index contributed by atoms with van der Waals surface area (Å²) in [6.07, 6.45) is -2.45. The topological polar surface area (TPSA) is 101 Å². The van der Waals surface area contributed by atoms with Crippen LogP contribution in [0.25, 0.3) is 10.4 Å². The lowest BCUT2D eigenvalue weighted by Crippen LogP contribution is -2.58. The van der Waals surface area contributed by atoms with Gasteiger partial charge in [0, 0.05) is 28.0 Å². The fourth-order valence-corrected chi connectivity index (χ4v) is 6.19. The van der Waals surface area contributed by atoms with E-state index in [1.54, 1.807) is 23.5 Å². The van der Waals surface area contributed by atoms with Gasteiger partial charge in [0.1, 0.15) is 11.9 Å². The second kappa shape index (κ2) is 9.49. The van der Waals surface area contributed by atoms with Crippen LogP contribution in [-0.4, -0.2) is 56.6 Å². The molecule has 3 aromatic rings. The van der Waals surface area contributed by atoms with Gasteiger partial charge in [0.15, 0.2) is 0 Å². The minimum Gasteiger partial charge on any atom is -0.396 e. The fraction of sp³-hybridized carbons (Fsp3) is 0.407. The van der Waals surface area contributed by atoms with Crippen molar-refractivity contribution in [1.82, 2.24) is 0 Å². The van der Waals surface area contributed by atoms with E-state index in [2.05, 4.69) is 6.07 Å². The van der Waals surface area contributed by atoms with Crippen molar-refractivity contribution in [2.45, 2.75) is 55.5 Å². The number of hydrogen-bond acceptors (Lipinski definition) is 6. The van der Waals surface area contributed by atoms with Crippen LogP contribution in [0.15, 0.2) is 54.6 Å². The molecule has 2 fully saturated rings. The molecular formula is C27H29FO5S. The van der Waals surface area contributed by atoms with E-state index < -0.39 is 42.9 Å². The predicted molar refractivity (Wildman–Crippen MR) is 128 cm³/mol. The molecule has 0 amide bonds. The highest BCUT2D eigenvalue weighted by Crippen LogP contribution is 2.45. The van der Waals surface area contributed by atoms with E-state index in [-0.39, 0.29) is 5.82 Å². The van der Waals surface area contributed by atoms with Crippen LogP contribution >= 0.6 is 11.3 Å². The number of aliphatic hydroxyl groups excluding tert-OH is 5. The van der Waals surface area contributed by atoms with E-state index in [4.69, 9.17) is 0 Å². The van der Waals surface area contributed by atoms with Crippen molar-refractivity contribution in [2.24, 2.45) is 5.92 Å². The Kier molecular flexibility index (Phi) is 6.59. The predicted octanol–water partition coefficient (Wildman–Crippen LogP) is 3.17. The third-order valence-electron chi connectivity index (χ3n) is 7.25. The molecule has 5 rings (SSSR count). The van der Waals surface area contributed by atoms with Crippen molar-refractivity contribution in [3.05, 3.63) is 82.0 Å². The Bertz CT molecular complexity index is 1140. The minimum absolute atomic E-state index is 0.264. The van der Waals surface area contributed by atoms with E-state index in [1.165, 1.54) is 17.7 Å². The van der Waals surface area contributed by atoms with Gasteiger partial charge in [-0.1, -0.05) is 30.3 Å². The van der Waals surface area contributed by atoms with Crippen LogP contribution < -0.4 is 0 Å². The summed E-state index contributed by atoms with van der Waals surface area (Å²) < 4.78 is 13.3. The molecule has 34 heavy (non-hydrogen) atoms. The first-order valence-electron chi connectivity index (χ1n) is 11.7. The number of thiophene rings is 1. The first-order chi connectivity index (χ1) is 16.4. The molecule has 1 heterocycles. The van der Waals surface area contributed by atoms with Crippen LogP contribution in [0.4, 0.5) is 4.39 Å². The maximum absolute atomic E-state index is 13.3. The average Bonchev–Trinajstić information content (AvgIpc) is 3.57. The van der Waals surface area contributed by atoms with Gasteiger partial charge in [-0.05, 0) is 65.3 Å². The van der Waals surface area contributed by atoms with Crippen LogP contribution in [0.3, 0.4) is 0 Å². The van der Waals surface area contributed by atoms with Gasteiger partial charge >= 0.3 is 0 Å². The number of aliphatic hydroxyl groups is 5. The number of halogens is 1. The zero-order chi connectivity index (χ0) is 24.0. The fourth-order valence-electron chi connectivity index (χ4n) is 5.16. The largest absolute Gasteiger partial charge is 0.396 e. The Balaban J connectivity index is 1.46. The summed E-state index contributed by atoms with van der Waals surface area (Å²) in [7, 11) is 0. The standard InChI is InChI=1S/C27H29FO5S/c28-18-6-3-15(4-7-18)22-10-8-19(34-22)12-17-11-16(5-9-20(17)14-1-2-14)23-24(30)21(13-29)25(31)27(33)26(23)32/h3-11,14,21,23-27,29-33H,1-2,12-13H2/t21-,23+,24-,25+,26-,27-/m0/s1. The molecule has 2 aromatic carbocycles. The summed E-state index contributed by atoms with van der Waals surface area (Å²) >= 11 is 1.65. The lowest BCUT2D eigenvalue weighted by Gasteiger charge is -2.44. The SMILES string of the molecule is OC[C@@H]1[C@@H](O)[C@H](O)[C@@H](O)[C@H](c2ccc(C3CC3)c(Cc3ccc(-c4ccc(F)cc4)s3)c2)[C@H]1O. The summed E-state index contributed by atoms with van der Waals surface area (Å²) in [6, 6.07) is 16.5. The lowest BCUT2D eigenvalue weighted by molar-refractivity contribution is -0.169. The Hall–Kier alpha value is -2.13. The average molecular weight is 485 g/mol. The van der Waals surface area contributed by atoms with E-state index in [1.807, 2.05) is 24.3 Å². The van der Waals surface area contributed by atoms with Crippen LogP contribution in [0.2, 0.25) is 0 Å². The first-order valence-corrected chi connectivity index (χ1v) is 12.5. The van der Waals surface area contributed by atoms with E-state index in [0.717, 1.165) is 33.7 Å². The number of hydrogen-bond donors (Lipinski definition) is 5. The quantitative estimate of drug-likeness (QED) is 0.370. The summed E-state index contributed by atoms with van der Waals surface area (Å²) in [5, 5.41) is 51.7. The van der Waals surface area contributed by atoms with Gasteiger partial charge in [0.05, 0.1) is 24.9 Å². The molecule has 2 aliphatic carbocycles. The Labute approximate surface area is 201 Å². The lowest BCUT2D eigenvalue weighted by atomic mass is 9.70. The maximum atomic E-state index is 13.3. The third-order valence-corrected chi connectivity index (χ3v) is 8.38. The highest BCUT2D eigenvalue weighted by atomic mass is 32.1. The third kappa shape index (κ3) is 4.44. The van der Waals surface area contributed by atoms with Gasteiger partial charge in [-0.3, -0.25) is 0 Å². The van der Waals surface area contributed by atoms with E-state index in [0.29, 0.717) is 17.9 Å². The minimum atomic E-state index is -1.45. The normalized spacial score (nSPS) is 29.4. The van der Waals surface area contributed by atoms with Crippen molar-refractivity contribution in [2.75, 3.05) is 6.61 Å². The van der Waals surface area contributed by atoms with Crippen LogP contribution in [-0.2, 0) is 6.42 Å². The van der Waals surface area contributed by atoms with Gasteiger partial charge < -0.3 is 25.5 Å². The van der Waals surface area contributed by atoms with Crippen molar-refractivity contribution >= 4 is 11.3 Å². The Morgan fingerprint density at radius 3 is 2.24 bits per heavy atom. The highest BCUT2D eigenvalue weighted by molar-refractivity contribution is 7.15. The van der Waals surface area contributed by atoms with E-state index >= 15 is 0 Å². The molecule has 5 nitrogen and oxygen atoms in total. The van der Waals surface area contributed by atoms with Crippen molar-refractivity contribution < 1.29 is 29.9 Å². The zero-order valence-corrected chi connectivity index (χ0v) is 19.4. The molecule has 0 aliphatic heterocycles. The maximum Gasteiger partial charge on any atom is 0.123 e. The molecule has 0 saturated heterocycles. The van der Waals surface area contributed by atoms with Gasteiger partial charge in [-0.2, -0.15) is 0 Å². The molecule has 0 unspecified atom stereocenters. The second-order valence-corrected chi connectivity index (χ2v) is 10.7. The summed E-state index contributed by atoms with van der Waals surface area (Å²) in [5.41, 5.74) is 4.00. The molecule has 2 saturated carbocycles. The molecule has 0 radical (unpaired) electrons. The van der Waals surface area contributed by atoms with Crippen LogP contribution in [0.1, 0.15) is 46.2 Å². The molecular weight excluding hydrogens is 455 g/mol. The van der Waals surface area contributed by atoms with Gasteiger partial charge in [0.25, 0.3) is 0 Å². The number of benzene rings is 2. The van der Waals surface area contributed by atoms with Gasteiger partial charge in [-0.25, -0.2) is 4.39 Å². The second-order valence-electron chi connectivity index (χ2n) is 9.52. The Morgan fingerprint density at radius 1 is 0.824 bits per heavy atom. The molecule has 180 valence electrons. The van der Waals surface area contributed by atoms with E-state index in [9.17, 15) is 29.9 Å². The molecule has 2 aliphatic rings. The monoisotopic (exact) mass is 484 g/mol. The molecule has 5 N–H and O–H groups in total. The Morgan fingerprint density at radius 2 is 1.56 bits per heavy atom. The summed E-state index contributed by atoms with van der Waals surface area (Å²) in [6.45, 7) is -0.489. The molecule has 0 bridgehead atoms. The van der Waals surface area contributed by atoms with Crippen molar-refractivity contribution in [1.29, 1.82) is 0 Å². The number of rotatable bonds is 6. The van der Waals surface area contributed by atoms with Crippen LogP contribution in [0, 0.1) is 11.7 Å². The van der Waals surface area contributed by atoms with Gasteiger partial charge in [0.2, 0.25) is 0 Å². The first kappa shape index (κ1) is 23.6. The van der Waals surface area contributed by atoms with Crippen LogP contribution in [0.5, 0.6) is 0 Å². The van der Waals surface area contributed by atoms with Gasteiger partial charge in [-0.15, -0.1) is 11.3 Å². The molecule has 0 spiro atoms. The summed E-state index contributed by atoms with van der Waals surface area (Å²) in [5.74, 6) is -1.52. The van der Waals surface area contributed by atoms with Crippen molar-refractivity contribution in [3.8, 4) is 10.4 Å². The smallest absolute Gasteiger partial charge is 0.123 e. The molecule has 7 heteroatoms. The zero-order valence-electron chi connectivity index (χ0n) is 18.6. The molecule has 1 aromatic heterocycles. The molecule has 6 atom stereocenters.